The van der Waals surface area contributed by atoms with Crippen LogP contribution in [0.3, 0.4) is 0 Å². The number of nitrogens with zero attached hydrogens (tertiary/aromatic N) is 1. The molecule has 1 rings (SSSR count). The van der Waals surface area contributed by atoms with E-state index in [2.05, 4.69) is 4.98 Å². The predicted molar refractivity (Wildman–Crippen MR) is 52.2 cm³/mol. The van der Waals surface area contributed by atoms with Crippen molar-refractivity contribution in [2.24, 2.45) is 11.5 Å². The number of carbonyl (C=O) groups is 1. The summed E-state index contributed by atoms with van der Waals surface area (Å²) < 4.78 is 0. The van der Waals surface area contributed by atoms with Crippen LogP contribution in [-0.2, 0) is 11.2 Å². The zero-order chi connectivity index (χ0) is 9.84. The molecule has 4 N–H and O–H groups in total. The third-order valence-electron chi connectivity index (χ3n) is 1.67. The number of hydrogen-bond donors (Lipinski definition) is 2. The normalized spacial score (nSPS) is 12.8. The molecule has 0 saturated heterocycles. The van der Waals surface area contributed by atoms with Gasteiger partial charge in [0, 0.05) is 11.8 Å². The van der Waals surface area contributed by atoms with Gasteiger partial charge in [-0.05, 0) is 6.42 Å². The molecule has 0 aliphatic heterocycles. The first-order valence-corrected chi connectivity index (χ1v) is 4.99. The molecule has 13 heavy (non-hydrogen) atoms. The van der Waals surface area contributed by atoms with Gasteiger partial charge in [-0.15, -0.1) is 11.3 Å². The van der Waals surface area contributed by atoms with E-state index in [-0.39, 0.29) is 12.5 Å². The maximum absolute atomic E-state index is 10.6. The molecule has 1 aromatic rings. The summed E-state index contributed by atoms with van der Waals surface area (Å²) in [5, 5.41) is 2.92. The van der Waals surface area contributed by atoms with Crippen molar-refractivity contribution in [1.29, 1.82) is 0 Å². The van der Waals surface area contributed by atoms with E-state index in [1.807, 2.05) is 12.3 Å². The van der Waals surface area contributed by atoms with E-state index in [0.29, 0.717) is 0 Å². The molecule has 0 radical (unpaired) electrons. The van der Waals surface area contributed by atoms with Crippen molar-refractivity contribution in [1.82, 2.24) is 4.98 Å². The van der Waals surface area contributed by atoms with Crippen molar-refractivity contribution in [2.45, 2.75) is 25.8 Å². The lowest BCUT2D eigenvalue weighted by Crippen LogP contribution is -2.20. The molecule has 1 aromatic heterocycles. The number of nitrogens with two attached hydrogens (primary N) is 2. The van der Waals surface area contributed by atoms with E-state index >= 15 is 0 Å². The molecule has 0 aromatic carbocycles. The van der Waals surface area contributed by atoms with E-state index in [0.717, 1.165) is 17.1 Å². The SMILES string of the molecule is CCc1nc(C(N)CC(N)=O)cs1. The van der Waals surface area contributed by atoms with Gasteiger partial charge in [-0.25, -0.2) is 4.98 Å². The molecule has 1 amide bonds. The third-order valence-corrected chi connectivity index (χ3v) is 2.68. The molecular formula is C8H13N3OS. The molecule has 0 bridgehead atoms. The summed E-state index contributed by atoms with van der Waals surface area (Å²) in [6.45, 7) is 2.03. The zero-order valence-electron chi connectivity index (χ0n) is 7.49. The monoisotopic (exact) mass is 199 g/mol. The standard InChI is InChI=1S/C8H13N3OS/c1-2-8-11-6(4-13-8)5(9)3-7(10)12/h4-5H,2-3,9H2,1H3,(H2,10,12). The Morgan fingerprint density at radius 3 is 2.92 bits per heavy atom. The smallest absolute Gasteiger partial charge is 0.219 e. The van der Waals surface area contributed by atoms with Crippen molar-refractivity contribution in [3.8, 4) is 0 Å². The number of primary amides is 1. The molecule has 1 unspecified atom stereocenters. The molecule has 0 aliphatic rings. The molecule has 0 fully saturated rings. The van der Waals surface area contributed by atoms with Gasteiger partial charge in [0.2, 0.25) is 5.91 Å². The fourth-order valence-electron chi connectivity index (χ4n) is 0.979. The van der Waals surface area contributed by atoms with Crippen molar-refractivity contribution >= 4 is 17.2 Å². The first-order valence-electron chi connectivity index (χ1n) is 4.11. The van der Waals surface area contributed by atoms with E-state index < -0.39 is 5.91 Å². The van der Waals surface area contributed by atoms with Crippen LogP contribution in [0.2, 0.25) is 0 Å². The molecule has 1 atom stereocenters. The minimum Gasteiger partial charge on any atom is -0.370 e. The quantitative estimate of drug-likeness (QED) is 0.744. The van der Waals surface area contributed by atoms with E-state index in [1.54, 1.807) is 11.3 Å². The van der Waals surface area contributed by atoms with Crippen molar-refractivity contribution in [2.75, 3.05) is 0 Å². The second kappa shape index (κ2) is 4.34. The Morgan fingerprint density at radius 2 is 2.46 bits per heavy atom. The number of aryl methyl sites for hydroxylation is 1. The molecule has 4 nitrogen and oxygen atoms in total. The van der Waals surface area contributed by atoms with Gasteiger partial charge in [-0.3, -0.25) is 4.79 Å². The Bertz CT molecular complexity index is 297. The second-order valence-corrected chi connectivity index (χ2v) is 3.74. The van der Waals surface area contributed by atoms with Crippen LogP contribution in [0.15, 0.2) is 5.38 Å². The van der Waals surface area contributed by atoms with Crippen molar-refractivity contribution < 1.29 is 4.79 Å². The molecule has 5 heteroatoms. The molecule has 0 saturated carbocycles. The number of aromatic nitrogens is 1. The van der Waals surface area contributed by atoms with Crippen LogP contribution < -0.4 is 11.5 Å². The number of amides is 1. The topological polar surface area (TPSA) is 82.0 Å². The molecular weight excluding hydrogens is 186 g/mol. The summed E-state index contributed by atoms with van der Waals surface area (Å²) in [4.78, 5) is 14.8. The van der Waals surface area contributed by atoms with E-state index in [9.17, 15) is 4.79 Å². The Balaban J connectivity index is 2.65. The number of carbonyl (C=O) groups excluding carboxylic acids is 1. The Labute approximate surface area is 81.0 Å². The van der Waals surface area contributed by atoms with Gasteiger partial charge in [-0.2, -0.15) is 0 Å². The summed E-state index contributed by atoms with van der Waals surface area (Å²) in [7, 11) is 0. The lowest BCUT2D eigenvalue weighted by Gasteiger charge is -2.04. The fourth-order valence-corrected chi connectivity index (χ4v) is 1.79. The van der Waals surface area contributed by atoms with Crippen LogP contribution in [-0.4, -0.2) is 10.9 Å². The van der Waals surface area contributed by atoms with Gasteiger partial charge in [0.25, 0.3) is 0 Å². The van der Waals surface area contributed by atoms with Gasteiger partial charge < -0.3 is 11.5 Å². The number of thiazole rings is 1. The number of hydrogen-bond acceptors (Lipinski definition) is 4. The average Bonchev–Trinajstić information content (AvgIpc) is 2.50. The summed E-state index contributed by atoms with van der Waals surface area (Å²) in [5.74, 6) is -0.390. The maximum Gasteiger partial charge on any atom is 0.219 e. The fraction of sp³-hybridized carbons (Fsp3) is 0.500. The first kappa shape index (κ1) is 10.1. The lowest BCUT2D eigenvalue weighted by molar-refractivity contribution is -0.118. The Kier molecular flexibility index (Phi) is 3.39. The first-order chi connectivity index (χ1) is 6.13. The number of rotatable bonds is 4. The minimum atomic E-state index is -0.390. The summed E-state index contributed by atoms with van der Waals surface area (Å²) in [6.07, 6.45) is 1.06. The van der Waals surface area contributed by atoms with Gasteiger partial charge in [0.15, 0.2) is 0 Å². The third kappa shape index (κ3) is 2.78. The molecule has 72 valence electrons. The molecule has 0 spiro atoms. The maximum atomic E-state index is 10.6. The van der Waals surface area contributed by atoms with Crippen LogP contribution in [0.4, 0.5) is 0 Å². The lowest BCUT2D eigenvalue weighted by atomic mass is 10.2. The van der Waals surface area contributed by atoms with Crippen LogP contribution in [0.1, 0.15) is 30.1 Å². The second-order valence-electron chi connectivity index (χ2n) is 2.80. The van der Waals surface area contributed by atoms with Crippen LogP contribution in [0.25, 0.3) is 0 Å². The Morgan fingerprint density at radius 1 is 1.77 bits per heavy atom. The van der Waals surface area contributed by atoms with Gasteiger partial charge in [0.1, 0.15) is 0 Å². The molecule has 0 aliphatic carbocycles. The van der Waals surface area contributed by atoms with Gasteiger partial charge in [0.05, 0.1) is 16.7 Å². The highest BCUT2D eigenvalue weighted by Crippen LogP contribution is 2.17. The van der Waals surface area contributed by atoms with Gasteiger partial charge in [-0.1, -0.05) is 6.92 Å². The summed E-state index contributed by atoms with van der Waals surface area (Å²) in [5.41, 5.74) is 11.5. The van der Waals surface area contributed by atoms with Crippen LogP contribution in [0.5, 0.6) is 0 Å². The largest absolute Gasteiger partial charge is 0.370 e. The van der Waals surface area contributed by atoms with E-state index in [4.69, 9.17) is 11.5 Å². The van der Waals surface area contributed by atoms with Crippen molar-refractivity contribution in [3.63, 3.8) is 0 Å². The highest BCUT2D eigenvalue weighted by molar-refractivity contribution is 7.09. The van der Waals surface area contributed by atoms with Crippen LogP contribution >= 0.6 is 11.3 Å². The zero-order valence-corrected chi connectivity index (χ0v) is 8.30. The van der Waals surface area contributed by atoms with Gasteiger partial charge >= 0.3 is 0 Å². The Hall–Kier alpha value is -0.940. The van der Waals surface area contributed by atoms with Crippen LogP contribution in [0, 0.1) is 0 Å². The summed E-state index contributed by atoms with van der Waals surface area (Å²) in [6, 6.07) is -0.353. The summed E-state index contributed by atoms with van der Waals surface area (Å²) >= 11 is 1.56. The highest BCUT2D eigenvalue weighted by Gasteiger charge is 2.12. The van der Waals surface area contributed by atoms with E-state index in [1.165, 1.54) is 0 Å². The molecule has 1 heterocycles. The average molecular weight is 199 g/mol. The van der Waals surface area contributed by atoms with Crippen molar-refractivity contribution in [3.05, 3.63) is 16.1 Å². The predicted octanol–water partition coefficient (Wildman–Crippen LogP) is 0.581. The highest BCUT2D eigenvalue weighted by atomic mass is 32.1. The minimum absolute atomic E-state index is 0.160.